The molecule has 1 aromatic rings. The van der Waals surface area contributed by atoms with Crippen LogP contribution in [-0.4, -0.2) is 30.4 Å². The van der Waals surface area contributed by atoms with Gasteiger partial charge in [-0.05, 0) is 19.9 Å². The quantitative estimate of drug-likeness (QED) is 0.644. The van der Waals surface area contributed by atoms with E-state index in [0.29, 0.717) is 12.1 Å². The zero-order valence-corrected chi connectivity index (χ0v) is 14.6. The Bertz CT molecular complexity index is 753. The smallest absolute Gasteiger partial charge is 0.247 e. The summed E-state index contributed by atoms with van der Waals surface area (Å²) in [6.45, 7) is 4.21. The lowest BCUT2D eigenvalue weighted by atomic mass is 9.85. The predicted molar refractivity (Wildman–Crippen MR) is 91.6 cm³/mol. The molecule has 0 aliphatic carbocycles. The van der Waals surface area contributed by atoms with Gasteiger partial charge in [0.2, 0.25) is 11.8 Å². The van der Waals surface area contributed by atoms with Crippen LogP contribution in [0.4, 0.5) is 8.78 Å². The number of carbonyl (C=O) groups is 2. The van der Waals surface area contributed by atoms with E-state index in [9.17, 15) is 18.4 Å². The maximum atomic E-state index is 13.8. The summed E-state index contributed by atoms with van der Waals surface area (Å²) in [7, 11) is 0. The molecule has 3 unspecified atom stereocenters. The van der Waals surface area contributed by atoms with Crippen molar-refractivity contribution in [3.63, 3.8) is 0 Å². The molecule has 3 rings (SSSR count). The summed E-state index contributed by atoms with van der Waals surface area (Å²) >= 11 is 0. The fourth-order valence-electron chi connectivity index (χ4n) is 3.42. The fraction of sp³-hybridized carbons (Fsp3) is 0.444. The number of hydrazine groups is 1. The van der Waals surface area contributed by atoms with Gasteiger partial charge in [0, 0.05) is 35.7 Å². The van der Waals surface area contributed by atoms with Crippen LogP contribution >= 0.6 is 0 Å². The minimum Gasteiger partial charge on any atom is -0.349 e. The summed E-state index contributed by atoms with van der Waals surface area (Å²) in [5.41, 5.74) is 6.73. The molecule has 2 heterocycles. The number of fused-ring (bicyclic) bond motifs is 1. The van der Waals surface area contributed by atoms with E-state index in [1.54, 1.807) is 6.92 Å². The first-order chi connectivity index (χ1) is 12.3. The summed E-state index contributed by atoms with van der Waals surface area (Å²) in [5, 5.41) is 5.57. The maximum Gasteiger partial charge on any atom is 0.247 e. The number of rotatable bonds is 4. The predicted octanol–water partition coefficient (Wildman–Crippen LogP) is 1.07. The van der Waals surface area contributed by atoms with Gasteiger partial charge in [-0.3, -0.25) is 20.4 Å². The van der Waals surface area contributed by atoms with Crippen molar-refractivity contribution in [2.75, 3.05) is 6.54 Å². The Labute approximate surface area is 150 Å². The lowest BCUT2D eigenvalue weighted by Crippen LogP contribution is -2.63. The highest BCUT2D eigenvalue weighted by Crippen LogP contribution is 2.23. The Balaban J connectivity index is 1.66. The molecule has 0 bridgehead atoms. The molecule has 0 radical (unpaired) electrons. The third-order valence-corrected chi connectivity index (χ3v) is 4.85. The zero-order valence-electron chi connectivity index (χ0n) is 14.6. The second-order valence-corrected chi connectivity index (χ2v) is 6.79. The third-order valence-electron chi connectivity index (χ3n) is 4.85. The standard InChI is InChI=1S/C18H22F2N4O2/c1-9(13-4-3-12(19)7-15(13)20)22-17(25)6-11-5-14-10(2)24-21-8-16(14)23-18(11)26/h3-5,7,9-10,14,16,21,24H,6,8H2,1-2H3,(H,22,25)(H,23,26)/t9-,10?,14?,16?/m1/s1. The normalized spacial score (nSPS) is 26.4. The van der Waals surface area contributed by atoms with E-state index in [1.165, 1.54) is 6.07 Å². The Kier molecular flexibility index (Phi) is 5.33. The second kappa shape index (κ2) is 7.51. The van der Waals surface area contributed by atoms with E-state index in [2.05, 4.69) is 21.5 Å². The minimum absolute atomic E-state index is 0.0159. The zero-order chi connectivity index (χ0) is 18.8. The molecule has 1 aromatic carbocycles. The molecule has 140 valence electrons. The van der Waals surface area contributed by atoms with Crippen molar-refractivity contribution in [3.8, 4) is 0 Å². The molecular weight excluding hydrogens is 342 g/mol. The number of hydrogen-bond donors (Lipinski definition) is 4. The van der Waals surface area contributed by atoms with Gasteiger partial charge in [0.05, 0.1) is 18.5 Å². The van der Waals surface area contributed by atoms with Crippen molar-refractivity contribution >= 4 is 11.8 Å². The molecule has 4 atom stereocenters. The van der Waals surface area contributed by atoms with E-state index in [1.807, 2.05) is 13.0 Å². The molecular formula is C18H22F2N4O2. The molecule has 6 nitrogen and oxygen atoms in total. The fourth-order valence-corrected chi connectivity index (χ4v) is 3.42. The highest BCUT2D eigenvalue weighted by molar-refractivity contribution is 5.99. The minimum atomic E-state index is -0.718. The highest BCUT2D eigenvalue weighted by Gasteiger charge is 2.35. The first-order valence-electron chi connectivity index (χ1n) is 8.59. The molecule has 1 fully saturated rings. The van der Waals surface area contributed by atoms with Crippen molar-refractivity contribution < 1.29 is 18.4 Å². The van der Waals surface area contributed by atoms with E-state index in [0.717, 1.165) is 12.1 Å². The lowest BCUT2D eigenvalue weighted by molar-refractivity contribution is -0.124. The molecule has 1 saturated heterocycles. The first kappa shape index (κ1) is 18.5. The van der Waals surface area contributed by atoms with Crippen LogP contribution in [0.2, 0.25) is 0 Å². The Morgan fingerprint density at radius 2 is 2.15 bits per heavy atom. The summed E-state index contributed by atoms with van der Waals surface area (Å²) in [6.07, 6.45) is 1.74. The monoisotopic (exact) mass is 364 g/mol. The van der Waals surface area contributed by atoms with Crippen LogP contribution in [0.5, 0.6) is 0 Å². The van der Waals surface area contributed by atoms with Gasteiger partial charge >= 0.3 is 0 Å². The number of halogens is 2. The third kappa shape index (κ3) is 3.91. The number of benzene rings is 1. The maximum absolute atomic E-state index is 13.8. The molecule has 26 heavy (non-hydrogen) atoms. The average Bonchev–Trinajstić information content (AvgIpc) is 2.56. The Morgan fingerprint density at radius 1 is 1.38 bits per heavy atom. The highest BCUT2D eigenvalue weighted by atomic mass is 19.1. The van der Waals surface area contributed by atoms with Crippen molar-refractivity contribution in [1.29, 1.82) is 0 Å². The second-order valence-electron chi connectivity index (χ2n) is 6.79. The van der Waals surface area contributed by atoms with E-state index in [4.69, 9.17) is 0 Å². The van der Waals surface area contributed by atoms with Crippen LogP contribution in [0.1, 0.15) is 31.9 Å². The van der Waals surface area contributed by atoms with Gasteiger partial charge in [0.15, 0.2) is 0 Å². The SMILES string of the molecule is CC1NNCC2NC(=O)C(CC(=O)N[C@H](C)c3ccc(F)cc3F)=CC12. The summed E-state index contributed by atoms with van der Waals surface area (Å²) in [4.78, 5) is 24.5. The van der Waals surface area contributed by atoms with E-state index >= 15 is 0 Å². The molecule has 0 aromatic heterocycles. The summed E-state index contributed by atoms with van der Waals surface area (Å²) < 4.78 is 26.8. The number of carbonyl (C=O) groups excluding carboxylic acids is 2. The van der Waals surface area contributed by atoms with Crippen LogP contribution in [0, 0.1) is 17.6 Å². The largest absolute Gasteiger partial charge is 0.349 e. The van der Waals surface area contributed by atoms with Gasteiger partial charge in [0.25, 0.3) is 0 Å². The number of nitrogens with one attached hydrogen (secondary N) is 4. The summed E-state index contributed by atoms with van der Waals surface area (Å²) in [6, 6.07) is 2.68. The van der Waals surface area contributed by atoms with Crippen LogP contribution < -0.4 is 21.5 Å². The van der Waals surface area contributed by atoms with Crippen LogP contribution in [0.15, 0.2) is 29.8 Å². The van der Waals surface area contributed by atoms with Crippen LogP contribution in [0.25, 0.3) is 0 Å². The van der Waals surface area contributed by atoms with E-state index < -0.39 is 23.6 Å². The summed E-state index contributed by atoms with van der Waals surface area (Å²) in [5.74, 6) is -1.96. The van der Waals surface area contributed by atoms with Crippen LogP contribution in [0.3, 0.4) is 0 Å². The molecule has 2 aliphatic rings. The molecule has 4 N–H and O–H groups in total. The van der Waals surface area contributed by atoms with Crippen molar-refractivity contribution in [2.45, 2.75) is 38.4 Å². The van der Waals surface area contributed by atoms with Gasteiger partial charge < -0.3 is 10.6 Å². The van der Waals surface area contributed by atoms with Gasteiger partial charge in [-0.15, -0.1) is 0 Å². The van der Waals surface area contributed by atoms with Crippen molar-refractivity contribution in [3.05, 3.63) is 47.0 Å². The molecule has 0 spiro atoms. The number of amides is 2. The Hall–Kier alpha value is -2.32. The molecule has 2 amide bonds. The molecule has 2 aliphatic heterocycles. The topological polar surface area (TPSA) is 82.3 Å². The van der Waals surface area contributed by atoms with Gasteiger partial charge in [-0.2, -0.15) is 0 Å². The lowest BCUT2D eigenvalue weighted by Gasteiger charge is -2.39. The van der Waals surface area contributed by atoms with Gasteiger partial charge in [0.1, 0.15) is 11.6 Å². The Morgan fingerprint density at radius 3 is 2.88 bits per heavy atom. The molecule has 0 saturated carbocycles. The first-order valence-corrected chi connectivity index (χ1v) is 8.59. The van der Waals surface area contributed by atoms with Crippen molar-refractivity contribution in [1.82, 2.24) is 21.5 Å². The number of hydrogen-bond acceptors (Lipinski definition) is 4. The van der Waals surface area contributed by atoms with Gasteiger partial charge in [-0.25, -0.2) is 8.78 Å². The molecule has 8 heteroatoms. The average molecular weight is 364 g/mol. The van der Waals surface area contributed by atoms with E-state index in [-0.39, 0.29) is 35.9 Å². The van der Waals surface area contributed by atoms with Crippen LogP contribution in [-0.2, 0) is 9.59 Å². The van der Waals surface area contributed by atoms with Gasteiger partial charge in [-0.1, -0.05) is 12.1 Å². The van der Waals surface area contributed by atoms with Crippen molar-refractivity contribution in [2.24, 2.45) is 5.92 Å².